The molecule has 1 rings (SSSR count). The highest BCUT2D eigenvalue weighted by Gasteiger charge is 2.45. The predicted octanol–water partition coefficient (Wildman–Crippen LogP) is 1.73. The van der Waals surface area contributed by atoms with E-state index in [4.69, 9.17) is 14.2 Å². The average Bonchev–Trinajstić information content (AvgIpc) is 2.74. The summed E-state index contributed by atoms with van der Waals surface area (Å²) in [4.78, 5) is 11.5. The molecule has 88 valence electrons. The number of esters is 1. The van der Waals surface area contributed by atoms with Crippen LogP contribution < -0.4 is 0 Å². The first-order valence-electron chi connectivity index (χ1n) is 5.52. The number of carbonyl (C=O) groups excluding carboxylic acids is 1. The van der Waals surface area contributed by atoms with Crippen LogP contribution in [0.3, 0.4) is 0 Å². The van der Waals surface area contributed by atoms with Gasteiger partial charge in [-0.1, -0.05) is 13.3 Å². The number of carbonyl (C=O) groups is 1. The summed E-state index contributed by atoms with van der Waals surface area (Å²) in [5.74, 6) is -1.38. The van der Waals surface area contributed by atoms with E-state index in [1.807, 2.05) is 0 Å². The van der Waals surface area contributed by atoms with Gasteiger partial charge in [-0.05, 0) is 13.3 Å². The lowest BCUT2D eigenvalue weighted by molar-refractivity contribution is -0.208. The van der Waals surface area contributed by atoms with Gasteiger partial charge in [0.25, 0.3) is 0 Å². The van der Waals surface area contributed by atoms with Crippen molar-refractivity contribution in [2.24, 2.45) is 5.92 Å². The number of hydrogen-bond acceptors (Lipinski definition) is 4. The fourth-order valence-corrected chi connectivity index (χ4v) is 1.86. The molecule has 1 heterocycles. The zero-order valence-corrected chi connectivity index (χ0v) is 9.75. The summed E-state index contributed by atoms with van der Waals surface area (Å²) in [7, 11) is 1.39. The minimum atomic E-state index is -0.747. The molecule has 15 heavy (non-hydrogen) atoms. The maximum atomic E-state index is 11.5. The topological polar surface area (TPSA) is 44.8 Å². The van der Waals surface area contributed by atoms with Crippen molar-refractivity contribution >= 4 is 5.97 Å². The number of rotatable bonds is 5. The Balaban J connectivity index is 2.67. The van der Waals surface area contributed by atoms with Crippen molar-refractivity contribution in [2.75, 3.05) is 20.3 Å². The van der Waals surface area contributed by atoms with Gasteiger partial charge in [0.05, 0.1) is 20.3 Å². The first kappa shape index (κ1) is 12.5. The maximum absolute atomic E-state index is 11.5. The fraction of sp³-hybridized carbons (Fsp3) is 0.909. The van der Waals surface area contributed by atoms with Crippen LogP contribution in [0.15, 0.2) is 0 Å². The Morgan fingerprint density at radius 1 is 1.47 bits per heavy atom. The molecular weight excluding hydrogens is 196 g/mol. The Labute approximate surface area is 90.9 Å². The summed E-state index contributed by atoms with van der Waals surface area (Å²) in [6.45, 7) is 5.02. The van der Waals surface area contributed by atoms with Gasteiger partial charge in [-0.3, -0.25) is 4.79 Å². The third-order valence-corrected chi connectivity index (χ3v) is 2.87. The van der Waals surface area contributed by atoms with E-state index in [1.54, 1.807) is 6.92 Å². The number of ether oxygens (including phenoxy) is 3. The van der Waals surface area contributed by atoms with E-state index in [1.165, 1.54) is 7.11 Å². The van der Waals surface area contributed by atoms with Gasteiger partial charge in [-0.15, -0.1) is 0 Å². The Bertz CT molecular complexity index is 209. The standard InChI is InChI=1S/C11H20O4/c1-4-5-6-11(14-7-8-15-11)9(2)10(12)13-3/h9H,4-8H2,1-3H3. The van der Waals surface area contributed by atoms with E-state index in [0.717, 1.165) is 19.3 Å². The van der Waals surface area contributed by atoms with Crippen LogP contribution in [0, 0.1) is 5.92 Å². The Kier molecular flexibility index (Phi) is 4.54. The summed E-state index contributed by atoms with van der Waals surface area (Å²) in [5, 5.41) is 0. The van der Waals surface area contributed by atoms with Crippen LogP contribution in [0.5, 0.6) is 0 Å². The van der Waals surface area contributed by atoms with Crippen molar-refractivity contribution in [3.63, 3.8) is 0 Å². The van der Waals surface area contributed by atoms with Crippen molar-refractivity contribution < 1.29 is 19.0 Å². The molecular formula is C11H20O4. The molecule has 1 atom stereocenters. The molecule has 0 aromatic rings. The Morgan fingerprint density at radius 3 is 2.53 bits per heavy atom. The molecule has 0 aromatic carbocycles. The molecule has 0 N–H and O–H groups in total. The average molecular weight is 216 g/mol. The maximum Gasteiger partial charge on any atom is 0.313 e. The third kappa shape index (κ3) is 2.69. The molecule has 1 unspecified atom stereocenters. The van der Waals surface area contributed by atoms with Crippen LogP contribution in [0.2, 0.25) is 0 Å². The first-order valence-corrected chi connectivity index (χ1v) is 5.52. The molecule has 1 aliphatic heterocycles. The van der Waals surface area contributed by atoms with Gasteiger partial charge in [0, 0.05) is 6.42 Å². The first-order chi connectivity index (χ1) is 7.16. The highest BCUT2D eigenvalue weighted by atomic mass is 16.7. The Morgan fingerprint density at radius 2 is 2.07 bits per heavy atom. The van der Waals surface area contributed by atoms with Gasteiger partial charge >= 0.3 is 5.97 Å². The minimum absolute atomic E-state index is 0.270. The van der Waals surface area contributed by atoms with E-state index < -0.39 is 5.79 Å². The minimum Gasteiger partial charge on any atom is -0.469 e. The van der Waals surface area contributed by atoms with Gasteiger partial charge in [0.1, 0.15) is 5.92 Å². The highest BCUT2D eigenvalue weighted by molar-refractivity contribution is 5.73. The molecule has 0 radical (unpaired) electrons. The summed E-state index contributed by atoms with van der Waals surface area (Å²) < 4.78 is 15.9. The van der Waals surface area contributed by atoms with E-state index >= 15 is 0 Å². The molecule has 4 heteroatoms. The normalized spacial score (nSPS) is 21.3. The molecule has 0 saturated carbocycles. The summed E-state index contributed by atoms with van der Waals surface area (Å²) in [5.41, 5.74) is 0. The van der Waals surface area contributed by atoms with E-state index in [2.05, 4.69) is 6.92 Å². The summed E-state index contributed by atoms with van der Waals surface area (Å²) in [6.07, 6.45) is 2.80. The summed E-state index contributed by atoms with van der Waals surface area (Å²) >= 11 is 0. The number of hydrogen-bond donors (Lipinski definition) is 0. The lowest BCUT2D eigenvalue weighted by atomic mass is 9.95. The van der Waals surface area contributed by atoms with Crippen LogP contribution in [0.1, 0.15) is 33.1 Å². The van der Waals surface area contributed by atoms with Crippen LogP contribution in [-0.2, 0) is 19.0 Å². The van der Waals surface area contributed by atoms with Crippen LogP contribution in [0.4, 0.5) is 0 Å². The molecule has 1 aliphatic rings. The van der Waals surface area contributed by atoms with Gasteiger partial charge in [-0.2, -0.15) is 0 Å². The van der Waals surface area contributed by atoms with Gasteiger partial charge in [0.15, 0.2) is 5.79 Å². The molecule has 0 bridgehead atoms. The quantitative estimate of drug-likeness (QED) is 0.656. The Hall–Kier alpha value is -0.610. The van der Waals surface area contributed by atoms with Crippen LogP contribution in [-0.4, -0.2) is 32.1 Å². The smallest absolute Gasteiger partial charge is 0.313 e. The molecule has 1 fully saturated rings. The lowest BCUT2D eigenvalue weighted by Crippen LogP contribution is -2.42. The molecule has 0 aliphatic carbocycles. The number of unbranched alkanes of at least 4 members (excludes halogenated alkanes) is 1. The molecule has 4 nitrogen and oxygen atoms in total. The van der Waals surface area contributed by atoms with Crippen molar-refractivity contribution in [2.45, 2.75) is 38.9 Å². The van der Waals surface area contributed by atoms with Crippen molar-refractivity contribution in [3.05, 3.63) is 0 Å². The molecule has 0 spiro atoms. The monoisotopic (exact) mass is 216 g/mol. The van der Waals surface area contributed by atoms with E-state index in [0.29, 0.717) is 13.2 Å². The van der Waals surface area contributed by atoms with Gasteiger partial charge in [-0.25, -0.2) is 0 Å². The highest BCUT2D eigenvalue weighted by Crippen LogP contribution is 2.34. The molecule has 0 aromatic heterocycles. The third-order valence-electron chi connectivity index (χ3n) is 2.87. The molecule has 1 saturated heterocycles. The van der Waals surface area contributed by atoms with Gasteiger partial charge < -0.3 is 14.2 Å². The van der Waals surface area contributed by atoms with Gasteiger partial charge in [0.2, 0.25) is 0 Å². The fourth-order valence-electron chi connectivity index (χ4n) is 1.86. The van der Waals surface area contributed by atoms with E-state index in [-0.39, 0.29) is 11.9 Å². The zero-order chi connectivity index (χ0) is 11.3. The lowest BCUT2D eigenvalue weighted by Gasteiger charge is -2.31. The van der Waals surface area contributed by atoms with E-state index in [9.17, 15) is 4.79 Å². The summed E-state index contributed by atoms with van der Waals surface area (Å²) in [6, 6.07) is 0. The largest absolute Gasteiger partial charge is 0.469 e. The predicted molar refractivity (Wildman–Crippen MR) is 55.3 cm³/mol. The van der Waals surface area contributed by atoms with Crippen molar-refractivity contribution in [1.29, 1.82) is 0 Å². The van der Waals surface area contributed by atoms with Crippen LogP contribution >= 0.6 is 0 Å². The zero-order valence-electron chi connectivity index (χ0n) is 9.75. The second-order valence-electron chi connectivity index (χ2n) is 3.86. The molecule has 0 amide bonds. The van der Waals surface area contributed by atoms with Crippen LogP contribution in [0.25, 0.3) is 0 Å². The second kappa shape index (κ2) is 5.47. The second-order valence-corrected chi connectivity index (χ2v) is 3.86. The van der Waals surface area contributed by atoms with Crippen molar-refractivity contribution in [1.82, 2.24) is 0 Å². The van der Waals surface area contributed by atoms with Crippen molar-refractivity contribution in [3.8, 4) is 0 Å². The SMILES string of the molecule is CCCCC1(C(C)C(=O)OC)OCCO1. The number of methoxy groups -OCH3 is 1.